The maximum absolute atomic E-state index is 12.4. The summed E-state index contributed by atoms with van der Waals surface area (Å²) in [6, 6.07) is 14.5. The van der Waals surface area contributed by atoms with Crippen LogP contribution in [-0.2, 0) is 16.0 Å². The van der Waals surface area contributed by atoms with Crippen LogP contribution in [-0.4, -0.2) is 38.7 Å². The highest BCUT2D eigenvalue weighted by Crippen LogP contribution is 2.16. The molecule has 2 amide bonds. The van der Waals surface area contributed by atoms with E-state index in [1.807, 2.05) is 37.3 Å². The third-order valence-electron chi connectivity index (χ3n) is 3.93. The first kappa shape index (κ1) is 20.5. The molecule has 2 rings (SSSR count). The molecule has 0 aromatic heterocycles. The van der Waals surface area contributed by atoms with Gasteiger partial charge in [-0.25, -0.2) is 0 Å². The van der Waals surface area contributed by atoms with E-state index in [1.54, 1.807) is 25.2 Å². The zero-order chi connectivity index (χ0) is 19.5. The average Bonchev–Trinajstić information content (AvgIpc) is 2.70. The second kappa shape index (κ2) is 11.0. The first-order valence-corrected chi connectivity index (χ1v) is 9.04. The van der Waals surface area contributed by atoms with Crippen LogP contribution in [0.3, 0.4) is 0 Å². The van der Waals surface area contributed by atoms with Gasteiger partial charge >= 0.3 is 0 Å². The number of hydrogen-bond donors (Lipinski definition) is 2. The molecule has 2 aromatic rings. The van der Waals surface area contributed by atoms with E-state index in [2.05, 4.69) is 10.6 Å². The molecule has 0 atom stereocenters. The van der Waals surface area contributed by atoms with Crippen molar-refractivity contribution in [3.63, 3.8) is 0 Å². The van der Waals surface area contributed by atoms with E-state index in [4.69, 9.17) is 9.47 Å². The third kappa shape index (κ3) is 7.11. The Labute approximate surface area is 159 Å². The van der Waals surface area contributed by atoms with E-state index in [1.165, 1.54) is 0 Å². The number of carbonyl (C=O) groups excluding carboxylic acids is 2. The van der Waals surface area contributed by atoms with Gasteiger partial charge in [0.1, 0.15) is 12.4 Å². The number of carbonyl (C=O) groups is 2. The molecule has 2 aromatic carbocycles. The van der Waals surface area contributed by atoms with Crippen LogP contribution >= 0.6 is 0 Å². The summed E-state index contributed by atoms with van der Waals surface area (Å²) < 4.78 is 10.8. The molecule has 0 unspecified atom stereocenters. The number of amides is 2. The Morgan fingerprint density at radius 1 is 1.04 bits per heavy atom. The zero-order valence-corrected chi connectivity index (χ0v) is 15.8. The van der Waals surface area contributed by atoms with Gasteiger partial charge in [-0.05, 0) is 49.2 Å². The Hall–Kier alpha value is -2.86. The molecule has 0 aliphatic rings. The molecular weight excluding hydrogens is 344 g/mol. The lowest BCUT2D eigenvalue weighted by Gasteiger charge is -2.09. The standard InChI is InChI=1S/C21H26N2O4/c1-3-26-13-14-27-19-6-4-5-17(15-19)21(25)23-18-10-7-16(8-11-18)9-12-20(24)22-2/h4-8,10-11,15H,3,9,12-14H2,1-2H3,(H,22,24)(H,23,25). The minimum Gasteiger partial charge on any atom is -0.491 e. The topological polar surface area (TPSA) is 76.7 Å². The summed E-state index contributed by atoms with van der Waals surface area (Å²) in [6.07, 6.45) is 1.10. The summed E-state index contributed by atoms with van der Waals surface area (Å²) >= 11 is 0. The molecule has 6 heteroatoms. The Morgan fingerprint density at radius 3 is 2.52 bits per heavy atom. The normalized spacial score (nSPS) is 10.3. The zero-order valence-electron chi connectivity index (χ0n) is 15.8. The van der Waals surface area contributed by atoms with Crippen LogP contribution in [0.5, 0.6) is 5.75 Å². The highest BCUT2D eigenvalue weighted by Gasteiger charge is 2.08. The van der Waals surface area contributed by atoms with Gasteiger partial charge in [-0.2, -0.15) is 0 Å². The molecule has 0 spiro atoms. The van der Waals surface area contributed by atoms with Gasteiger partial charge in [-0.3, -0.25) is 9.59 Å². The van der Waals surface area contributed by atoms with Crippen molar-refractivity contribution >= 4 is 17.5 Å². The maximum Gasteiger partial charge on any atom is 0.255 e. The number of benzene rings is 2. The van der Waals surface area contributed by atoms with Crippen molar-refractivity contribution in [2.24, 2.45) is 0 Å². The molecule has 0 bridgehead atoms. The molecule has 144 valence electrons. The van der Waals surface area contributed by atoms with E-state index in [9.17, 15) is 9.59 Å². The second-order valence-corrected chi connectivity index (χ2v) is 5.90. The maximum atomic E-state index is 12.4. The minimum absolute atomic E-state index is 0.00994. The van der Waals surface area contributed by atoms with E-state index in [0.29, 0.717) is 49.7 Å². The number of ether oxygens (including phenoxy) is 2. The predicted octanol–water partition coefficient (Wildman–Crippen LogP) is 3.03. The molecule has 0 aliphatic heterocycles. The van der Waals surface area contributed by atoms with Crippen molar-refractivity contribution in [3.8, 4) is 5.75 Å². The summed E-state index contributed by atoms with van der Waals surface area (Å²) in [4.78, 5) is 23.7. The Kier molecular flexibility index (Phi) is 8.32. The van der Waals surface area contributed by atoms with Gasteiger partial charge in [0.15, 0.2) is 0 Å². The largest absolute Gasteiger partial charge is 0.491 e. The monoisotopic (exact) mass is 370 g/mol. The minimum atomic E-state index is -0.205. The quantitative estimate of drug-likeness (QED) is 0.630. The lowest BCUT2D eigenvalue weighted by Crippen LogP contribution is -2.17. The van der Waals surface area contributed by atoms with Crippen LogP contribution in [0.2, 0.25) is 0 Å². The van der Waals surface area contributed by atoms with Crippen LogP contribution in [0.4, 0.5) is 5.69 Å². The number of rotatable bonds is 10. The van der Waals surface area contributed by atoms with Crippen molar-refractivity contribution in [1.82, 2.24) is 5.32 Å². The van der Waals surface area contributed by atoms with E-state index >= 15 is 0 Å². The molecule has 0 radical (unpaired) electrons. The highest BCUT2D eigenvalue weighted by atomic mass is 16.5. The van der Waals surface area contributed by atoms with E-state index in [0.717, 1.165) is 5.56 Å². The van der Waals surface area contributed by atoms with Crippen molar-refractivity contribution in [3.05, 3.63) is 59.7 Å². The number of anilines is 1. The lowest BCUT2D eigenvalue weighted by atomic mass is 10.1. The molecule has 27 heavy (non-hydrogen) atoms. The summed E-state index contributed by atoms with van der Waals surface area (Å²) in [7, 11) is 1.62. The van der Waals surface area contributed by atoms with Gasteiger partial charge in [0.2, 0.25) is 5.91 Å². The second-order valence-electron chi connectivity index (χ2n) is 5.90. The van der Waals surface area contributed by atoms with Crippen molar-refractivity contribution < 1.29 is 19.1 Å². The fourth-order valence-electron chi connectivity index (χ4n) is 2.43. The SMILES string of the molecule is CCOCCOc1cccc(C(=O)Nc2ccc(CCC(=O)NC)cc2)c1. The number of hydrogen-bond acceptors (Lipinski definition) is 4. The molecule has 6 nitrogen and oxygen atoms in total. The first-order valence-electron chi connectivity index (χ1n) is 9.04. The first-order chi connectivity index (χ1) is 13.1. The van der Waals surface area contributed by atoms with Crippen LogP contribution in [0.15, 0.2) is 48.5 Å². The number of aryl methyl sites for hydroxylation is 1. The molecule has 0 aliphatic carbocycles. The van der Waals surface area contributed by atoms with Gasteiger partial charge in [-0.1, -0.05) is 18.2 Å². The molecule has 0 saturated carbocycles. The predicted molar refractivity (Wildman–Crippen MR) is 105 cm³/mol. The highest BCUT2D eigenvalue weighted by molar-refractivity contribution is 6.04. The molecular formula is C21H26N2O4. The van der Waals surface area contributed by atoms with Crippen LogP contribution in [0, 0.1) is 0 Å². The Morgan fingerprint density at radius 2 is 1.81 bits per heavy atom. The summed E-state index contributed by atoms with van der Waals surface area (Å²) in [6.45, 7) is 3.53. The van der Waals surface area contributed by atoms with Gasteiger partial charge < -0.3 is 20.1 Å². The molecule has 0 fully saturated rings. The number of nitrogens with one attached hydrogen (secondary N) is 2. The van der Waals surface area contributed by atoms with Crippen molar-refractivity contribution in [1.29, 1.82) is 0 Å². The van der Waals surface area contributed by atoms with Crippen LogP contribution < -0.4 is 15.4 Å². The van der Waals surface area contributed by atoms with Crippen LogP contribution in [0.1, 0.15) is 29.3 Å². The average molecular weight is 370 g/mol. The fourth-order valence-corrected chi connectivity index (χ4v) is 2.43. The van der Waals surface area contributed by atoms with Crippen molar-refractivity contribution in [2.45, 2.75) is 19.8 Å². The van der Waals surface area contributed by atoms with Gasteiger partial charge in [0.05, 0.1) is 6.61 Å². The van der Waals surface area contributed by atoms with Crippen LogP contribution in [0.25, 0.3) is 0 Å². The summed E-state index contributed by atoms with van der Waals surface area (Å²) in [5.74, 6) is 0.436. The van der Waals surface area contributed by atoms with Gasteiger partial charge in [0, 0.05) is 31.3 Å². The molecule has 2 N–H and O–H groups in total. The summed E-state index contributed by atoms with van der Waals surface area (Å²) in [5, 5.41) is 5.47. The Bertz CT molecular complexity index is 744. The van der Waals surface area contributed by atoms with E-state index < -0.39 is 0 Å². The smallest absolute Gasteiger partial charge is 0.255 e. The Balaban J connectivity index is 1.89. The third-order valence-corrected chi connectivity index (χ3v) is 3.93. The van der Waals surface area contributed by atoms with Crippen molar-refractivity contribution in [2.75, 3.05) is 32.2 Å². The van der Waals surface area contributed by atoms with E-state index in [-0.39, 0.29) is 11.8 Å². The van der Waals surface area contributed by atoms with Gasteiger partial charge in [-0.15, -0.1) is 0 Å². The lowest BCUT2D eigenvalue weighted by molar-refractivity contribution is -0.120. The van der Waals surface area contributed by atoms with Gasteiger partial charge in [0.25, 0.3) is 5.91 Å². The molecule has 0 saturated heterocycles. The molecule has 0 heterocycles. The fraction of sp³-hybridized carbons (Fsp3) is 0.333. The summed E-state index contributed by atoms with van der Waals surface area (Å²) in [5.41, 5.74) is 2.26.